The molecule has 0 amide bonds. The van der Waals surface area contributed by atoms with Gasteiger partial charge in [-0.2, -0.15) is 0 Å². The Morgan fingerprint density at radius 1 is 1.05 bits per heavy atom. The van der Waals surface area contributed by atoms with Crippen molar-refractivity contribution in [3.05, 3.63) is 69.7 Å². The SMILES string of the molecule is OC(c1cc(F)c(Cl)cc1F)c1ccccc1C1CCC1. The highest BCUT2D eigenvalue weighted by molar-refractivity contribution is 6.30. The van der Waals surface area contributed by atoms with Gasteiger partial charge >= 0.3 is 0 Å². The van der Waals surface area contributed by atoms with Crippen LogP contribution in [0.1, 0.15) is 48.0 Å². The van der Waals surface area contributed by atoms with Crippen LogP contribution >= 0.6 is 11.6 Å². The Balaban J connectivity index is 2.02. The number of aliphatic hydroxyl groups excluding tert-OH is 1. The predicted molar refractivity (Wildman–Crippen MR) is 78.5 cm³/mol. The Morgan fingerprint density at radius 3 is 2.43 bits per heavy atom. The Morgan fingerprint density at radius 2 is 1.76 bits per heavy atom. The topological polar surface area (TPSA) is 20.2 Å². The molecule has 2 aromatic carbocycles. The van der Waals surface area contributed by atoms with Gasteiger partial charge in [0.2, 0.25) is 0 Å². The van der Waals surface area contributed by atoms with E-state index in [9.17, 15) is 13.9 Å². The fourth-order valence-corrected chi connectivity index (χ4v) is 2.92. The van der Waals surface area contributed by atoms with Crippen molar-refractivity contribution in [1.29, 1.82) is 0 Å². The van der Waals surface area contributed by atoms with Gasteiger partial charge in [-0.15, -0.1) is 0 Å². The van der Waals surface area contributed by atoms with E-state index in [1.807, 2.05) is 12.1 Å². The molecule has 0 heterocycles. The van der Waals surface area contributed by atoms with Crippen molar-refractivity contribution in [1.82, 2.24) is 0 Å². The fourth-order valence-electron chi connectivity index (χ4n) is 2.77. The van der Waals surface area contributed by atoms with E-state index in [1.54, 1.807) is 12.1 Å². The van der Waals surface area contributed by atoms with Gasteiger partial charge in [0.25, 0.3) is 0 Å². The van der Waals surface area contributed by atoms with E-state index in [4.69, 9.17) is 11.6 Å². The highest BCUT2D eigenvalue weighted by atomic mass is 35.5. The third-order valence-corrected chi connectivity index (χ3v) is 4.46. The number of benzene rings is 2. The predicted octanol–water partition coefficient (Wildman–Crippen LogP) is 4.97. The average Bonchev–Trinajstić information content (AvgIpc) is 2.41. The number of hydrogen-bond acceptors (Lipinski definition) is 1. The first-order valence-electron chi connectivity index (χ1n) is 6.99. The third-order valence-electron chi connectivity index (χ3n) is 4.17. The summed E-state index contributed by atoms with van der Waals surface area (Å²) in [7, 11) is 0. The van der Waals surface area contributed by atoms with E-state index in [1.165, 1.54) is 6.42 Å². The Bertz CT molecular complexity index is 668. The van der Waals surface area contributed by atoms with Crippen LogP contribution in [0, 0.1) is 11.6 Å². The van der Waals surface area contributed by atoms with Crippen molar-refractivity contribution in [3.63, 3.8) is 0 Å². The molecule has 1 aliphatic rings. The van der Waals surface area contributed by atoms with Crippen molar-refractivity contribution in [2.45, 2.75) is 31.3 Å². The van der Waals surface area contributed by atoms with Gasteiger partial charge in [0.05, 0.1) is 5.02 Å². The van der Waals surface area contributed by atoms with Gasteiger partial charge in [-0.25, -0.2) is 8.78 Å². The standard InChI is InChI=1S/C17H15ClF2O/c18-14-9-15(19)13(8-16(14)20)17(21)12-7-2-1-6-11(12)10-4-3-5-10/h1-2,6-10,17,21H,3-5H2. The molecule has 1 aliphatic carbocycles. The van der Waals surface area contributed by atoms with Crippen LogP contribution in [0.5, 0.6) is 0 Å². The lowest BCUT2D eigenvalue weighted by Crippen LogP contribution is -2.14. The summed E-state index contributed by atoms with van der Waals surface area (Å²) in [6.07, 6.45) is 2.12. The second-order valence-corrected chi connectivity index (χ2v) is 5.85. The van der Waals surface area contributed by atoms with Crippen molar-refractivity contribution in [2.24, 2.45) is 0 Å². The molecule has 0 bridgehead atoms. The minimum absolute atomic E-state index is 0.0799. The van der Waals surface area contributed by atoms with Crippen LogP contribution in [0.3, 0.4) is 0 Å². The van der Waals surface area contributed by atoms with Crippen LogP contribution < -0.4 is 0 Å². The zero-order valence-corrected chi connectivity index (χ0v) is 12.1. The molecule has 4 heteroatoms. The van der Waals surface area contributed by atoms with Crippen molar-refractivity contribution in [3.8, 4) is 0 Å². The second kappa shape index (κ2) is 5.74. The maximum atomic E-state index is 14.0. The van der Waals surface area contributed by atoms with Crippen molar-refractivity contribution < 1.29 is 13.9 Å². The van der Waals surface area contributed by atoms with E-state index in [-0.39, 0.29) is 10.6 Å². The third kappa shape index (κ3) is 2.68. The highest BCUT2D eigenvalue weighted by Gasteiger charge is 2.26. The van der Waals surface area contributed by atoms with Crippen LogP contribution in [0.4, 0.5) is 8.78 Å². The largest absolute Gasteiger partial charge is 0.384 e. The molecule has 1 saturated carbocycles. The minimum atomic E-state index is -1.19. The van der Waals surface area contributed by atoms with Gasteiger partial charge in [-0.3, -0.25) is 0 Å². The Hall–Kier alpha value is -1.45. The monoisotopic (exact) mass is 308 g/mol. The molecule has 0 aromatic heterocycles. The second-order valence-electron chi connectivity index (χ2n) is 5.45. The number of hydrogen-bond donors (Lipinski definition) is 1. The summed E-state index contributed by atoms with van der Waals surface area (Å²) in [6.45, 7) is 0. The van der Waals surface area contributed by atoms with Crippen LogP contribution in [-0.2, 0) is 0 Å². The molecule has 1 unspecified atom stereocenters. The van der Waals surface area contributed by atoms with Crippen molar-refractivity contribution >= 4 is 11.6 Å². The zero-order chi connectivity index (χ0) is 15.0. The van der Waals surface area contributed by atoms with Gasteiger partial charge in [0.15, 0.2) is 0 Å². The molecule has 2 aromatic rings. The van der Waals surface area contributed by atoms with Crippen LogP contribution in [0.2, 0.25) is 5.02 Å². The lowest BCUT2D eigenvalue weighted by Gasteiger charge is -2.29. The average molecular weight is 309 g/mol. The molecule has 3 rings (SSSR count). The van der Waals surface area contributed by atoms with E-state index in [0.29, 0.717) is 11.5 Å². The smallest absolute Gasteiger partial charge is 0.142 e. The summed E-state index contributed by atoms with van der Waals surface area (Å²) in [5.41, 5.74) is 1.58. The highest BCUT2D eigenvalue weighted by Crippen LogP contribution is 2.41. The lowest BCUT2D eigenvalue weighted by atomic mass is 9.77. The molecule has 0 aliphatic heterocycles. The van der Waals surface area contributed by atoms with Crippen LogP contribution in [0.25, 0.3) is 0 Å². The summed E-state index contributed by atoms with van der Waals surface area (Å²) >= 11 is 5.55. The van der Waals surface area contributed by atoms with E-state index >= 15 is 0 Å². The summed E-state index contributed by atoms with van der Waals surface area (Å²) in [5.74, 6) is -1.03. The maximum Gasteiger partial charge on any atom is 0.142 e. The molecule has 110 valence electrons. The number of aliphatic hydroxyl groups is 1. The molecular formula is C17H15ClF2O. The summed E-state index contributed by atoms with van der Waals surface area (Å²) in [4.78, 5) is 0. The molecule has 1 N–H and O–H groups in total. The Kier molecular flexibility index (Phi) is 3.96. The van der Waals surface area contributed by atoms with Crippen molar-refractivity contribution in [2.75, 3.05) is 0 Å². The summed E-state index contributed by atoms with van der Waals surface area (Å²) < 4.78 is 27.5. The molecule has 0 saturated heterocycles. The van der Waals surface area contributed by atoms with Gasteiger partial charge in [-0.05, 0) is 42.0 Å². The molecule has 1 atom stereocenters. The maximum absolute atomic E-state index is 14.0. The first kappa shape index (κ1) is 14.5. The summed E-state index contributed by atoms with van der Waals surface area (Å²) in [5, 5.41) is 10.2. The Labute approximate surface area is 127 Å². The first-order valence-corrected chi connectivity index (χ1v) is 7.37. The number of halogens is 3. The quantitative estimate of drug-likeness (QED) is 0.794. The van der Waals surface area contributed by atoms with Gasteiger partial charge in [-0.1, -0.05) is 42.3 Å². The number of rotatable bonds is 3. The van der Waals surface area contributed by atoms with Crippen LogP contribution in [-0.4, -0.2) is 5.11 Å². The summed E-state index contributed by atoms with van der Waals surface area (Å²) in [6, 6.07) is 9.30. The molecule has 21 heavy (non-hydrogen) atoms. The molecule has 0 spiro atoms. The van der Waals surface area contributed by atoms with Crippen LogP contribution in [0.15, 0.2) is 36.4 Å². The normalized spacial score (nSPS) is 16.6. The lowest BCUT2D eigenvalue weighted by molar-refractivity contribution is 0.211. The van der Waals surface area contributed by atoms with Gasteiger partial charge < -0.3 is 5.11 Å². The van der Waals surface area contributed by atoms with E-state index in [0.717, 1.165) is 30.5 Å². The van der Waals surface area contributed by atoms with E-state index in [2.05, 4.69) is 0 Å². The molecule has 1 nitrogen and oxygen atoms in total. The molecule has 1 fully saturated rings. The first-order chi connectivity index (χ1) is 10.1. The molecular weight excluding hydrogens is 294 g/mol. The minimum Gasteiger partial charge on any atom is -0.384 e. The van der Waals surface area contributed by atoms with E-state index < -0.39 is 17.7 Å². The van der Waals surface area contributed by atoms with Gasteiger partial charge in [0, 0.05) is 5.56 Å². The molecule has 0 radical (unpaired) electrons. The zero-order valence-electron chi connectivity index (χ0n) is 11.3. The van der Waals surface area contributed by atoms with Gasteiger partial charge in [0.1, 0.15) is 17.7 Å². The fraction of sp³-hybridized carbons (Fsp3) is 0.294.